The smallest absolute Gasteiger partial charge is 0.105 e. The summed E-state index contributed by atoms with van der Waals surface area (Å²) in [6.45, 7) is 0. The SMILES string of the molecule is COC(C1CC1)C(O)c1ccc2ccccc2c1. The topological polar surface area (TPSA) is 29.5 Å². The molecule has 1 aliphatic rings. The molecule has 2 nitrogen and oxygen atoms in total. The lowest BCUT2D eigenvalue weighted by Gasteiger charge is -2.22. The highest BCUT2D eigenvalue weighted by atomic mass is 16.5. The van der Waals surface area contributed by atoms with Crippen molar-refractivity contribution in [2.75, 3.05) is 7.11 Å². The van der Waals surface area contributed by atoms with Crippen molar-refractivity contribution in [3.63, 3.8) is 0 Å². The highest BCUT2D eigenvalue weighted by molar-refractivity contribution is 5.83. The van der Waals surface area contributed by atoms with E-state index in [9.17, 15) is 5.11 Å². The van der Waals surface area contributed by atoms with Gasteiger partial charge in [0, 0.05) is 7.11 Å². The molecule has 2 heteroatoms. The summed E-state index contributed by atoms with van der Waals surface area (Å²) in [6.07, 6.45) is 1.75. The van der Waals surface area contributed by atoms with E-state index in [-0.39, 0.29) is 6.10 Å². The first-order valence-corrected chi connectivity index (χ1v) is 6.49. The van der Waals surface area contributed by atoms with Crippen molar-refractivity contribution in [1.29, 1.82) is 0 Å². The second-order valence-corrected chi connectivity index (χ2v) is 5.09. The Morgan fingerprint density at radius 2 is 1.83 bits per heavy atom. The van der Waals surface area contributed by atoms with E-state index in [1.807, 2.05) is 18.2 Å². The summed E-state index contributed by atoms with van der Waals surface area (Å²) in [7, 11) is 1.69. The van der Waals surface area contributed by atoms with Gasteiger partial charge in [0.25, 0.3) is 0 Å². The lowest BCUT2D eigenvalue weighted by molar-refractivity contribution is -0.0258. The van der Waals surface area contributed by atoms with Gasteiger partial charge >= 0.3 is 0 Å². The maximum atomic E-state index is 10.4. The van der Waals surface area contributed by atoms with Crippen LogP contribution in [0.25, 0.3) is 10.8 Å². The summed E-state index contributed by atoms with van der Waals surface area (Å²) in [5, 5.41) is 12.8. The van der Waals surface area contributed by atoms with Crippen LogP contribution in [0.1, 0.15) is 24.5 Å². The zero-order chi connectivity index (χ0) is 12.5. The third kappa shape index (κ3) is 2.14. The molecule has 94 valence electrons. The molecule has 2 unspecified atom stereocenters. The van der Waals surface area contributed by atoms with E-state index in [1.54, 1.807) is 7.11 Å². The lowest BCUT2D eigenvalue weighted by Crippen LogP contribution is -2.23. The van der Waals surface area contributed by atoms with Crippen LogP contribution >= 0.6 is 0 Å². The molecule has 2 aromatic carbocycles. The fourth-order valence-electron chi connectivity index (χ4n) is 2.59. The average Bonchev–Trinajstić information content (AvgIpc) is 3.23. The normalized spacial score (nSPS) is 18.8. The summed E-state index contributed by atoms with van der Waals surface area (Å²) in [6, 6.07) is 14.3. The van der Waals surface area contributed by atoms with Crippen molar-refractivity contribution in [3.05, 3.63) is 48.0 Å². The van der Waals surface area contributed by atoms with Crippen molar-refractivity contribution < 1.29 is 9.84 Å². The van der Waals surface area contributed by atoms with Gasteiger partial charge in [-0.15, -0.1) is 0 Å². The van der Waals surface area contributed by atoms with E-state index < -0.39 is 6.10 Å². The molecule has 0 heterocycles. The number of benzene rings is 2. The fraction of sp³-hybridized carbons (Fsp3) is 0.375. The molecule has 0 spiro atoms. The van der Waals surface area contributed by atoms with Crippen LogP contribution in [0.15, 0.2) is 42.5 Å². The predicted octanol–water partition coefficient (Wildman–Crippen LogP) is 3.30. The van der Waals surface area contributed by atoms with Gasteiger partial charge in [0.2, 0.25) is 0 Å². The number of ether oxygens (including phenoxy) is 1. The molecule has 0 bridgehead atoms. The first-order valence-electron chi connectivity index (χ1n) is 6.49. The zero-order valence-corrected chi connectivity index (χ0v) is 10.5. The predicted molar refractivity (Wildman–Crippen MR) is 72.4 cm³/mol. The van der Waals surface area contributed by atoms with E-state index >= 15 is 0 Å². The van der Waals surface area contributed by atoms with Gasteiger partial charge < -0.3 is 9.84 Å². The van der Waals surface area contributed by atoms with Crippen LogP contribution in [-0.2, 0) is 4.74 Å². The van der Waals surface area contributed by atoms with Gasteiger partial charge in [-0.3, -0.25) is 0 Å². The Bertz CT molecular complexity index is 546. The van der Waals surface area contributed by atoms with Gasteiger partial charge in [0.1, 0.15) is 6.10 Å². The average molecular weight is 242 g/mol. The monoisotopic (exact) mass is 242 g/mol. The van der Waals surface area contributed by atoms with Gasteiger partial charge in [-0.2, -0.15) is 0 Å². The van der Waals surface area contributed by atoms with Crippen LogP contribution in [0.2, 0.25) is 0 Å². The quantitative estimate of drug-likeness (QED) is 0.891. The number of aliphatic hydroxyl groups excluding tert-OH is 1. The van der Waals surface area contributed by atoms with Crippen LogP contribution in [-0.4, -0.2) is 18.3 Å². The number of fused-ring (bicyclic) bond motifs is 1. The van der Waals surface area contributed by atoms with E-state index in [1.165, 1.54) is 23.6 Å². The maximum absolute atomic E-state index is 10.4. The molecule has 18 heavy (non-hydrogen) atoms. The molecule has 3 rings (SSSR count). The minimum atomic E-state index is -0.521. The van der Waals surface area contributed by atoms with Crippen LogP contribution < -0.4 is 0 Å². The molecule has 0 amide bonds. The molecule has 1 aliphatic carbocycles. The molecule has 0 aliphatic heterocycles. The summed E-state index contributed by atoms with van der Waals surface area (Å²) in [5.41, 5.74) is 0.951. The van der Waals surface area contributed by atoms with Gasteiger partial charge in [-0.25, -0.2) is 0 Å². The minimum Gasteiger partial charge on any atom is -0.386 e. The van der Waals surface area contributed by atoms with Crippen molar-refractivity contribution in [1.82, 2.24) is 0 Å². The van der Waals surface area contributed by atoms with Gasteiger partial charge in [-0.05, 0) is 41.2 Å². The van der Waals surface area contributed by atoms with E-state index in [4.69, 9.17) is 4.74 Å². The molecule has 0 saturated heterocycles. The molecule has 2 atom stereocenters. The van der Waals surface area contributed by atoms with Gasteiger partial charge in [-0.1, -0.05) is 36.4 Å². The molecule has 1 fully saturated rings. The first-order chi connectivity index (χ1) is 8.79. The van der Waals surface area contributed by atoms with Gasteiger partial charge in [0.15, 0.2) is 0 Å². The standard InChI is InChI=1S/C16H18O2/c1-18-16(12-7-8-12)15(17)14-9-6-11-4-2-3-5-13(11)10-14/h2-6,9-10,12,15-17H,7-8H2,1H3. The third-order valence-electron chi connectivity index (χ3n) is 3.79. The molecule has 0 aromatic heterocycles. The largest absolute Gasteiger partial charge is 0.386 e. The van der Waals surface area contributed by atoms with E-state index in [2.05, 4.69) is 24.3 Å². The Kier molecular flexibility index (Phi) is 3.06. The number of methoxy groups -OCH3 is 1. The van der Waals surface area contributed by atoms with E-state index in [0.29, 0.717) is 5.92 Å². The molecule has 0 radical (unpaired) electrons. The summed E-state index contributed by atoms with van der Waals surface area (Å²) < 4.78 is 5.45. The summed E-state index contributed by atoms with van der Waals surface area (Å²) in [4.78, 5) is 0. The number of rotatable bonds is 4. The first kappa shape index (κ1) is 11.7. The minimum absolute atomic E-state index is 0.0637. The molecule has 1 saturated carbocycles. The number of aliphatic hydroxyl groups is 1. The Hall–Kier alpha value is -1.38. The van der Waals surface area contributed by atoms with Gasteiger partial charge in [0.05, 0.1) is 6.10 Å². The second-order valence-electron chi connectivity index (χ2n) is 5.09. The van der Waals surface area contributed by atoms with Crippen molar-refractivity contribution in [2.24, 2.45) is 5.92 Å². The summed E-state index contributed by atoms with van der Waals surface area (Å²) >= 11 is 0. The van der Waals surface area contributed by atoms with Crippen LogP contribution in [0.3, 0.4) is 0 Å². The summed E-state index contributed by atoms with van der Waals surface area (Å²) in [5.74, 6) is 0.525. The fourth-order valence-corrected chi connectivity index (χ4v) is 2.59. The van der Waals surface area contributed by atoms with Crippen LogP contribution in [0, 0.1) is 5.92 Å². The lowest BCUT2D eigenvalue weighted by atomic mass is 9.98. The van der Waals surface area contributed by atoms with Crippen molar-refractivity contribution in [2.45, 2.75) is 25.0 Å². The molecule has 2 aromatic rings. The molecular weight excluding hydrogens is 224 g/mol. The Balaban J connectivity index is 1.92. The van der Waals surface area contributed by atoms with Crippen LogP contribution in [0.4, 0.5) is 0 Å². The Morgan fingerprint density at radius 1 is 1.11 bits per heavy atom. The van der Waals surface area contributed by atoms with E-state index in [0.717, 1.165) is 5.56 Å². The highest BCUT2D eigenvalue weighted by Gasteiger charge is 2.36. The molecule has 1 N–H and O–H groups in total. The number of hydrogen-bond donors (Lipinski definition) is 1. The number of hydrogen-bond acceptors (Lipinski definition) is 2. The Morgan fingerprint density at radius 3 is 2.50 bits per heavy atom. The van der Waals surface area contributed by atoms with Crippen molar-refractivity contribution in [3.8, 4) is 0 Å². The highest BCUT2D eigenvalue weighted by Crippen LogP contribution is 2.40. The van der Waals surface area contributed by atoms with Crippen LogP contribution in [0.5, 0.6) is 0 Å². The maximum Gasteiger partial charge on any atom is 0.105 e. The zero-order valence-electron chi connectivity index (χ0n) is 10.5. The molecular formula is C16H18O2. The van der Waals surface area contributed by atoms with Crippen molar-refractivity contribution >= 4 is 10.8 Å². The Labute approximate surface area is 107 Å². The third-order valence-corrected chi connectivity index (χ3v) is 3.79. The second kappa shape index (κ2) is 4.71.